The van der Waals surface area contributed by atoms with E-state index in [2.05, 4.69) is 4.74 Å². The number of aliphatic hydroxyl groups excluding tert-OH is 2. The molecule has 0 aliphatic rings. The molecule has 3 N–H and O–H groups in total. The van der Waals surface area contributed by atoms with Gasteiger partial charge in [-0.2, -0.15) is 0 Å². The van der Waals surface area contributed by atoms with Gasteiger partial charge in [0.25, 0.3) is 0 Å². The first-order chi connectivity index (χ1) is 10.8. The lowest BCUT2D eigenvalue weighted by Gasteiger charge is -2.29. The van der Waals surface area contributed by atoms with Crippen molar-refractivity contribution in [3.63, 3.8) is 0 Å². The molecule has 2 unspecified atom stereocenters. The van der Waals surface area contributed by atoms with E-state index in [4.69, 9.17) is 0 Å². The Hall–Kier alpha value is -1.59. The van der Waals surface area contributed by atoms with Crippen molar-refractivity contribution in [3.05, 3.63) is 28.8 Å². The van der Waals surface area contributed by atoms with Crippen LogP contribution in [-0.4, -0.2) is 34.5 Å². The zero-order chi connectivity index (χ0) is 18.9. The summed E-state index contributed by atoms with van der Waals surface area (Å²) in [4.78, 5) is 11.3. The predicted molar refractivity (Wildman–Crippen MR) is 93.1 cm³/mol. The third-order valence-electron chi connectivity index (χ3n) is 4.10. The maximum absolute atomic E-state index is 11.3. The number of phenolic OH excluding ortho intramolecular Hbond substituents is 1. The van der Waals surface area contributed by atoms with Crippen molar-refractivity contribution in [3.8, 4) is 5.75 Å². The van der Waals surface area contributed by atoms with Gasteiger partial charge < -0.3 is 20.1 Å². The molecule has 0 fully saturated rings. The fraction of sp³-hybridized carbons (Fsp3) is 0.632. The highest BCUT2D eigenvalue weighted by atomic mass is 16.5. The summed E-state index contributed by atoms with van der Waals surface area (Å²) >= 11 is 0. The molecule has 0 saturated carbocycles. The van der Waals surface area contributed by atoms with Crippen LogP contribution >= 0.6 is 0 Å². The van der Waals surface area contributed by atoms with Gasteiger partial charge in [-0.25, -0.2) is 0 Å². The molecule has 0 amide bonds. The molecule has 5 nitrogen and oxygen atoms in total. The lowest BCUT2D eigenvalue weighted by Crippen LogP contribution is -2.24. The van der Waals surface area contributed by atoms with Crippen LogP contribution in [0.3, 0.4) is 0 Å². The Balaban J connectivity index is 3.43. The maximum atomic E-state index is 11.3. The summed E-state index contributed by atoms with van der Waals surface area (Å²) in [6.45, 7) is 12.0. The standard InChI is InChI=1S/C19H30O5/c1-18(2,3)11-8-12(16(22)13(9-11)19(4,5)6)17(23)14(20)10-15(21)24-7/h8-9,14,17,20,22-23H,10H2,1-7H3. The smallest absolute Gasteiger partial charge is 0.308 e. The monoisotopic (exact) mass is 338 g/mol. The van der Waals surface area contributed by atoms with E-state index in [1.54, 1.807) is 6.07 Å². The van der Waals surface area contributed by atoms with Crippen LogP contribution in [0.1, 0.15) is 70.8 Å². The van der Waals surface area contributed by atoms with Gasteiger partial charge in [0.1, 0.15) is 11.9 Å². The van der Waals surface area contributed by atoms with Gasteiger partial charge in [-0.3, -0.25) is 4.79 Å². The number of hydrogen-bond acceptors (Lipinski definition) is 5. The Bertz CT molecular complexity index is 593. The molecule has 136 valence electrons. The largest absolute Gasteiger partial charge is 0.507 e. The summed E-state index contributed by atoms with van der Waals surface area (Å²) in [6.07, 6.45) is -3.08. The number of aromatic hydroxyl groups is 1. The highest BCUT2D eigenvalue weighted by Gasteiger charge is 2.30. The molecule has 0 aliphatic carbocycles. The minimum absolute atomic E-state index is 0.0492. The highest BCUT2D eigenvalue weighted by molar-refractivity contribution is 5.70. The summed E-state index contributed by atoms with van der Waals surface area (Å²) in [7, 11) is 1.22. The van der Waals surface area contributed by atoms with Gasteiger partial charge in [0, 0.05) is 5.56 Å². The van der Waals surface area contributed by atoms with Gasteiger partial charge in [0.15, 0.2) is 0 Å². The van der Waals surface area contributed by atoms with Crippen LogP contribution in [0.5, 0.6) is 5.75 Å². The van der Waals surface area contributed by atoms with Crippen LogP contribution in [0, 0.1) is 0 Å². The van der Waals surface area contributed by atoms with Gasteiger partial charge in [0.05, 0.1) is 19.6 Å². The second kappa shape index (κ2) is 7.11. The number of carbonyl (C=O) groups excluding carboxylic acids is 1. The van der Waals surface area contributed by atoms with E-state index in [9.17, 15) is 20.1 Å². The van der Waals surface area contributed by atoms with Crippen LogP contribution in [0.2, 0.25) is 0 Å². The number of carbonyl (C=O) groups is 1. The van der Waals surface area contributed by atoms with Crippen LogP contribution < -0.4 is 0 Å². The quantitative estimate of drug-likeness (QED) is 0.735. The number of esters is 1. The van der Waals surface area contributed by atoms with Crippen molar-refractivity contribution in [2.45, 2.75) is 71.0 Å². The first-order valence-electron chi connectivity index (χ1n) is 8.10. The van der Waals surface area contributed by atoms with E-state index in [-0.39, 0.29) is 28.6 Å². The molecule has 0 heterocycles. The zero-order valence-electron chi connectivity index (χ0n) is 15.7. The van der Waals surface area contributed by atoms with Crippen molar-refractivity contribution >= 4 is 5.97 Å². The molecule has 2 atom stereocenters. The van der Waals surface area contributed by atoms with E-state index < -0.39 is 18.2 Å². The van der Waals surface area contributed by atoms with Crippen LogP contribution in [-0.2, 0) is 20.4 Å². The van der Waals surface area contributed by atoms with E-state index in [0.717, 1.165) is 5.56 Å². The lowest BCUT2D eigenvalue weighted by atomic mass is 9.78. The molecule has 1 aromatic carbocycles. The molecule has 24 heavy (non-hydrogen) atoms. The number of hydrogen-bond donors (Lipinski definition) is 3. The Morgan fingerprint density at radius 2 is 1.62 bits per heavy atom. The minimum atomic E-state index is -1.38. The van der Waals surface area contributed by atoms with Gasteiger partial charge in [-0.05, 0) is 28.0 Å². The van der Waals surface area contributed by atoms with Crippen molar-refractivity contribution in [2.75, 3.05) is 7.11 Å². The summed E-state index contributed by atoms with van der Waals surface area (Å²) in [6, 6.07) is 3.62. The molecule has 1 aromatic rings. The van der Waals surface area contributed by atoms with E-state index in [1.165, 1.54) is 7.11 Å². The number of benzene rings is 1. The van der Waals surface area contributed by atoms with Crippen LogP contribution in [0.15, 0.2) is 12.1 Å². The third kappa shape index (κ3) is 4.71. The Labute approximate surface area is 144 Å². The molecular formula is C19H30O5. The number of rotatable bonds is 4. The Kier molecular flexibility index (Phi) is 6.06. The van der Waals surface area contributed by atoms with E-state index in [1.807, 2.05) is 47.6 Å². The average Bonchev–Trinajstić information content (AvgIpc) is 2.43. The number of ether oxygens (including phenoxy) is 1. The molecule has 0 aliphatic heterocycles. The lowest BCUT2D eigenvalue weighted by molar-refractivity contribution is -0.144. The average molecular weight is 338 g/mol. The van der Waals surface area contributed by atoms with Gasteiger partial charge >= 0.3 is 5.97 Å². The van der Waals surface area contributed by atoms with Gasteiger partial charge in [-0.1, -0.05) is 47.6 Å². The molecule has 0 aromatic heterocycles. The van der Waals surface area contributed by atoms with Gasteiger partial charge in [-0.15, -0.1) is 0 Å². The van der Waals surface area contributed by atoms with Crippen LogP contribution in [0.4, 0.5) is 0 Å². The SMILES string of the molecule is COC(=O)CC(O)C(O)c1cc(C(C)(C)C)cc(C(C)(C)C)c1O. The third-order valence-corrected chi connectivity index (χ3v) is 4.10. The first kappa shape index (κ1) is 20.5. The maximum Gasteiger partial charge on any atom is 0.308 e. The van der Waals surface area contributed by atoms with Crippen molar-refractivity contribution < 1.29 is 24.9 Å². The summed E-state index contributed by atoms with van der Waals surface area (Å²) in [5, 5.41) is 31.2. The number of methoxy groups -OCH3 is 1. The fourth-order valence-corrected chi connectivity index (χ4v) is 2.46. The molecule has 0 bridgehead atoms. The van der Waals surface area contributed by atoms with E-state index in [0.29, 0.717) is 5.56 Å². The fourth-order valence-electron chi connectivity index (χ4n) is 2.46. The van der Waals surface area contributed by atoms with E-state index >= 15 is 0 Å². The minimum Gasteiger partial charge on any atom is -0.507 e. The summed E-state index contributed by atoms with van der Waals surface area (Å²) < 4.78 is 4.52. The molecular weight excluding hydrogens is 308 g/mol. The normalized spacial score (nSPS) is 15.0. The zero-order valence-corrected chi connectivity index (χ0v) is 15.7. The molecule has 0 saturated heterocycles. The summed E-state index contributed by atoms with van der Waals surface area (Å²) in [5.74, 6) is -0.670. The predicted octanol–water partition coefficient (Wildman–Crippen LogP) is 2.94. The van der Waals surface area contributed by atoms with Crippen LogP contribution in [0.25, 0.3) is 0 Å². The topological polar surface area (TPSA) is 87.0 Å². The molecule has 0 radical (unpaired) electrons. The molecule has 1 rings (SSSR count). The van der Waals surface area contributed by atoms with Gasteiger partial charge in [0.2, 0.25) is 0 Å². The number of phenols is 1. The Morgan fingerprint density at radius 1 is 1.08 bits per heavy atom. The molecule has 5 heteroatoms. The molecule has 0 spiro atoms. The summed E-state index contributed by atoms with van der Waals surface area (Å²) in [5.41, 5.74) is 1.31. The second-order valence-electron chi connectivity index (χ2n) is 8.25. The first-order valence-corrected chi connectivity index (χ1v) is 8.10. The van der Waals surface area contributed by atoms with Crippen molar-refractivity contribution in [1.82, 2.24) is 0 Å². The second-order valence-corrected chi connectivity index (χ2v) is 8.25. The highest BCUT2D eigenvalue weighted by Crippen LogP contribution is 2.40. The Morgan fingerprint density at radius 3 is 2.04 bits per heavy atom. The van der Waals surface area contributed by atoms with Crippen molar-refractivity contribution in [1.29, 1.82) is 0 Å². The van der Waals surface area contributed by atoms with Crippen molar-refractivity contribution in [2.24, 2.45) is 0 Å². The number of aliphatic hydroxyl groups is 2.